The van der Waals surface area contributed by atoms with Crippen molar-refractivity contribution in [3.05, 3.63) is 74.0 Å². The Morgan fingerprint density at radius 3 is 2.69 bits per heavy atom. The number of fused-ring (bicyclic) bond motifs is 1. The number of methoxy groups -OCH3 is 1. The number of aromatic nitrogens is 2. The number of nitrogens with one attached hydrogen (secondary N) is 1. The third kappa shape index (κ3) is 4.68. The number of thiophene rings is 2. The number of hydrogen-bond donors (Lipinski definition) is 1. The maximum atomic E-state index is 12.7. The van der Waals surface area contributed by atoms with E-state index in [0.717, 1.165) is 26.7 Å². The second kappa shape index (κ2) is 9.79. The summed E-state index contributed by atoms with van der Waals surface area (Å²) in [4.78, 5) is 35.1. The Labute approximate surface area is 197 Å². The van der Waals surface area contributed by atoms with E-state index in [0.29, 0.717) is 32.3 Å². The topological polar surface area (TPSA) is 81.3 Å². The summed E-state index contributed by atoms with van der Waals surface area (Å²) in [5, 5.41) is 0.671. The summed E-state index contributed by atoms with van der Waals surface area (Å²) in [6, 6.07) is 14.0. The molecular formula is C23H19ClN2O4S2. The number of nitrogens with zero attached hydrogens (tertiary/aromatic N) is 1. The van der Waals surface area contributed by atoms with Crippen molar-refractivity contribution in [2.45, 2.75) is 6.92 Å². The van der Waals surface area contributed by atoms with Crippen molar-refractivity contribution in [1.29, 1.82) is 0 Å². The first-order valence-corrected chi connectivity index (χ1v) is 11.7. The van der Waals surface area contributed by atoms with Gasteiger partial charge >= 0.3 is 5.97 Å². The number of hydrogen-bond acceptors (Lipinski definition) is 7. The highest BCUT2D eigenvalue weighted by Crippen LogP contribution is 2.32. The fraction of sp³-hybridized carbons (Fsp3) is 0.174. The maximum Gasteiger partial charge on any atom is 0.348 e. The van der Waals surface area contributed by atoms with Crippen molar-refractivity contribution in [3.63, 3.8) is 0 Å². The molecule has 0 aliphatic rings. The van der Waals surface area contributed by atoms with Gasteiger partial charge in [0.05, 0.1) is 17.0 Å². The fourth-order valence-corrected chi connectivity index (χ4v) is 5.42. The van der Waals surface area contributed by atoms with Crippen molar-refractivity contribution >= 4 is 61.6 Å². The minimum atomic E-state index is -0.503. The zero-order chi connectivity index (χ0) is 22.7. The Balaban J connectivity index is 1.64. The fourth-order valence-electron chi connectivity index (χ4n) is 3.12. The molecule has 0 amide bonds. The number of halogens is 1. The molecule has 1 N–H and O–H groups in total. The number of esters is 1. The minimum Gasteiger partial charge on any atom is -0.459 e. The molecule has 9 heteroatoms. The number of aryl methyl sites for hydroxylation is 1. The van der Waals surface area contributed by atoms with E-state index >= 15 is 0 Å². The Kier molecular flexibility index (Phi) is 6.86. The van der Waals surface area contributed by atoms with Gasteiger partial charge < -0.3 is 14.5 Å². The Morgan fingerprint density at radius 1 is 1.16 bits per heavy atom. The number of ether oxygens (including phenoxy) is 2. The number of rotatable bonds is 7. The van der Waals surface area contributed by atoms with Crippen LogP contribution in [-0.2, 0) is 9.47 Å². The first kappa shape index (κ1) is 22.4. The van der Waals surface area contributed by atoms with Crippen LogP contribution in [-0.4, -0.2) is 36.3 Å². The molecule has 0 unspecified atom stereocenters. The molecule has 0 aliphatic carbocycles. The van der Waals surface area contributed by atoms with Crippen LogP contribution in [0.4, 0.5) is 0 Å². The standard InChI is InChI=1S/C23H19ClN2O4S2/c1-13-18-21(27)25-20(26-22(18)32-19(13)23(28)30-11-10-29-2)16(24)12-15-8-9-17(31-15)14-6-4-3-5-7-14/h3-9,12H,10-11H2,1-2H3,(H,25,26,27)/b16-12-. The van der Waals surface area contributed by atoms with Crippen LogP contribution in [0.3, 0.4) is 0 Å². The molecule has 0 fully saturated rings. The molecule has 3 heterocycles. The summed E-state index contributed by atoms with van der Waals surface area (Å²) in [6.45, 7) is 2.14. The van der Waals surface area contributed by atoms with Crippen LogP contribution >= 0.6 is 34.3 Å². The summed E-state index contributed by atoms with van der Waals surface area (Å²) in [5.41, 5.74) is 1.32. The van der Waals surface area contributed by atoms with Crippen molar-refractivity contribution in [2.75, 3.05) is 20.3 Å². The van der Waals surface area contributed by atoms with Crippen LogP contribution in [0.1, 0.15) is 25.9 Å². The van der Waals surface area contributed by atoms with Gasteiger partial charge in [0.25, 0.3) is 5.56 Å². The van der Waals surface area contributed by atoms with E-state index in [1.54, 1.807) is 24.3 Å². The Morgan fingerprint density at radius 2 is 1.94 bits per heavy atom. The van der Waals surface area contributed by atoms with Gasteiger partial charge in [-0.3, -0.25) is 4.79 Å². The van der Waals surface area contributed by atoms with Gasteiger partial charge in [-0.05, 0) is 36.3 Å². The van der Waals surface area contributed by atoms with Gasteiger partial charge in [-0.2, -0.15) is 0 Å². The molecular weight excluding hydrogens is 468 g/mol. The van der Waals surface area contributed by atoms with E-state index in [9.17, 15) is 9.59 Å². The summed E-state index contributed by atoms with van der Waals surface area (Å²) in [6.07, 6.45) is 1.77. The van der Waals surface area contributed by atoms with Gasteiger partial charge in [-0.25, -0.2) is 9.78 Å². The predicted molar refractivity (Wildman–Crippen MR) is 131 cm³/mol. The highest BCUT2D eigenvalue weighted by molar-refractivity contribution is 7.20. The minimum absolute atomic E-state index is 0.137. The Hall–Kier alpha value is -2.78. The molecule has 0 spiro atoms. The van der Waals surface area contributed by atoms with E-state index in [-0.39, 0.29) is 18.0 Å². The van der Waals surface area contributed by atoms with E-state index < -0.39 is 5.97 Å². The summed E-state index contributed by atoms with van der Waals surface area (Å²) < 4.78 is 10.1. The number of carbonyl (C=O) groups excluding carboxylic acids is 1. The number of aromatic amines is 1. The number of benzene rings is 1. The third-order valence-corrected chi connectivity index (χ3v) is 7.22. The predicted octanol–water partition coefficient (Wildman–Crippen LogP) is 5.56. The Bertz CT molecular complexity index is 1360. The smallest absolute Gasteiger partial charge is 0.348 e. The van der Waals surface area contributed by atoms with E-state index in [1.807, 2.05) is 42.5 Å². The van der Waals surface area contributed by atoms with Crippen LogP contribution in [0.5, 0.6) is 0 Å². The molecule has 3 aromatic heterocycles. The molecule has 32 heavy (non-hydrogen) atoms. The SMILES string of the molecule is COCCOC(=O)c1sc2nc(/C(Cl)=C/c3ccc(-c4ccccc4)s3)[nH]c(=O)c2c1C. The first-order chi connectivity index (χ1) is 15.5. The maximum absolute atomic E-state index is 12.7. The normalized spacial score (nSPS) is 11.8. The average Bonchev–Trinajstić information content (AvgIpc) is 3.39. The lowest BCUT2D eigenvalue weighted by Crippen LogP contribution is -2.11. The molecule has 1 aromatic carbocycles. The lowest BCUT2D eigenvalue weighted by Gasteiger charge is -2.02. The van der Waals surface area contributed by atoms with Gasteiger partial charge in [-0.15, -0.1) is 22.7 Å². The summed E-state index contributed by atoms with van der Waals surface area (Å²) in [7, 11) is 1.53. The van der Waals surface area contributed by atoms with E-state index in [2.05, 4.69) is 9.97 Å². The lowest BCUT2D eigenvalue weighted by atomic mass is 10.2. The second-order valence-corrected chi connectivity index (χ2v) is 9.36. The van der Waals surface area contributed by atoms with Crippen molar-refractivity contribution in [1.82, 2.24) is 9.97 Å². The van der Waals surface area contributed by atoms with Crippen LogP contribution in [0.25, 0.3) is 31.8 Å². The van der Waals surface area contributed by atoms with Crippen molar-refractivity contribution in [2.24, 2.45) is 0 Å². The van der Waals surface area contributed by atoms with Crippen LogP contribution in [0.2, 0.25) is 0 Å². The van der Waals surface area contributed by atoms with Crippen LogP contribution in [0, 0.1) is 6.92 Å². The van der Waals surface area contributed by atoms with Gasteiger partial charge in [0.15, 0.2) is 5.82 Å². The monoisotopic (exact) mass is 486 g/mol. The lowest BCUT2D eigenvalue weighted by molar-refractivity contribution is 0.0393. The number of carbonyl (C=O) groups is 1. The molecule has 4 aromatic rings. The van der Waals surface area contributed by atoms with Crippen molar-refractivity contribution in [3.8, 4) is 10.4 Å². The molecule has 0 saturated carbocycles. The molecule has 6 nitrogen and oxygen atoms in total. The zero-order valence-corrected chi connectivity index (χ0v) is 19.7. The van der Waals surface area contributed by atoms with Gasteiger partial charge in [0, 0.05) is 16.9 Å². The average molecular weight is 487 g/mol. The number of H-pyrrole nitrogens is 1. The van der Waals surface area contributed by atoms with Crippen LogP contribution in [0.15, 0.2) is 47.3 Å². The molecule has 0 atom stereocenters. The molecule has 0 radical (unpaired) electrons. The highest BCUT2D eigenvalue weighted by atomic mass is 35.5. The molecule has 0 saturated heterocycles. The highest BCUT2D eigenvalue weighted by Gasteiger charge is 2.21. The molecule has 0 aliphatic heterocycles. The van der Waals surface area contributed by atoms with Gasteiger partial charge in [0.2, 0.25) is 0 Å². The summed E-state index contributed by atoms with van der Waals surface area (Å²) in [5.74, 6) is -0.253. The zero-order valence-electron chi connectivity index (χ0n) is 17.3. The van der Waals surface area contributed by atoms with Gasteiger partial charge in [-0.1, -0.05) is 41.9 Å². The van der Waals surface area contributed by atoms with E-state index in [1.165, 1.54) is 7.11 Å². The molecule has 0 bridgehead atoms. The molecule has 4 rings (SSSR count). The van der Waals surface area contributed by atoms with Gasteiger partial charge in [0.1, 0.15) is 16.3 Å². The molecule has 164 valence electrons. The second-order valence-electron chi connectivity index (χ2n) is 6.84. The van der Waals surface area contributed by atoms with Crippen molar-refractivity contribution < 1.29 is 14.3 Å². The first-order valence-electron chi connectivity index (χ1n) is 9.70. The third-order valence-electron chi connectivity index (χ3n) is 4.69. The summed E-state index contributed by atoms with van der Waals surface area (Å²) >= 11 is 9.20. The quantitative estimate of drug-likeness (QED) is 0.273. The largest absolute Gasteiger partial charge is 0.459 e. The van der Waals surface area contributed by atoms with E-state index in [4.69, 9.17) is 21.1 Å². The van der Waals surface area contributed by atoms with Crippen LogP contribution < -0.4 is 5.56 Å².